The maximum Gasteiger partial charge on any atom is 0.340 e. The third-order valence-corrected chi connectivity index (χ3v) is 4.96. The number of amides is 1. The Labute approximate surface area is 173 Å². The first-order valence-electron chi connectivity index (χ1n) is 9.19. The number of anilines is 1. The summed E-state index contributed by atoms with van der Waals surface area (Å²) in [5.41, 5.74) is 0.986. The zero-order chi connectivity index (χ0) is 20.3. The van der Waals surface area contributed by atoms with E-state index in [1.807, 2.05) is 42.5 Å². The Morgan fingerprint density at radius 3 is 2.55 bits per heavy atom. The highest BCUT2D eigenvalue weighted by Gasteiger charge is 2.14. The Balaban J connectivity index is 1.41. The molecule has 1 amide bonds. The molecule has 0 spiro atoms. The quantitative estimate of drug-likeness (QED) is 0.299. The second-order valence-corrected chi connectivity index (χ2v) is 7.23. The van der Waals surface area contributed by atoms with Crippen molar-refractivity contribution in [3.63, 3.8) is 0 Å². The number of nitrogens with one attached hydrogen (secondary N) is 2. The summed E-state index contributed by atoms with van der Waals surface area (Å²) >= 11 is 1.65. The number of para-hydroxylation sites is 1. The van der Waals surface area contributed by atoms with Gasteiger partial charge in [0.05, 0.1) is 18.4 Å². The molecule has 3 aromatic rings. The molecule has 2 aromatic carbocycles. The summed E-state index contributed by atoms with van der Waals surface area (Å²) in [5.74, 6) is 0.610. The van der Waals surface area contributed by atoms with E-state index in [1.165, 1.54) is 0 Å². The van der Waals surface area contributed by atoms with Crippen LogP contribution in [0.5, 0.6) is 0 Å². The van der Waals surface area contributed by atoms with Crippen LogP contribution in [0.25, 0.3) is 0 Å². The van der Waals surface area contributed by atoms with E-state index >= 15 is 0 Å². The Morgan fingerprint density at radius 1 is 0.966 bits per heavy atom. The molecule has 0 bridgehead atoms. The van der Waals surface area contributed by atoms with Gasteiger partial charge in [-0.2, -0.15) is 0 Å². The number of furan rings is 1. The third kappa shape index (κ3) is 6.73. The molecule has 1 heterocycles. The Kier molecular flexibility index (Phi) is 7.77. The lowest BCUT2D eigenvalue weighted by Gasteiger charge is -2.11. The minimum atomic E-state index is -0.554. The van der Waals surface area contributed by atoms with E-state index < -0.39 is 5.97 Å². The predicted octanol–water partition coefficient (Wildman–Crippen LogP) is 3.96. The number of benzene rings is 2. The van der Waals surface area contributed by atoms with Crippen LogP contribution < -0.4 is 10.6 Å². The molecule has 1 aromatic heterocycles. The molecule has 29 heavy (non-hydrogen) atoms. The van der Waals surface area contributed by atoms with Gasteiger partial charge in [0.1, 0.15) is 5.76 Å². The molecule has 0 saturated carbocycles. The summed E-state index contributed by atoms with van der Waals surface area (Å²) in [5, 5.41) is 5.90. The summed E-state index contributed by atoms with van der Waals surface area (Å²) in [4.78, 5) is 25.5. The smallest absolute Gasteiger partial charge is 0.340 e. The first-order chi connectivity index (χ1) is 14.2. The molecule has 2 N–H and O–H groups in total. The van der Waals surface area contributed by atoms with Gasteiger partial charge in [-0.3, -0.25) is 4.79 Å². The SMILES string of the molecule is O=C(COC(=O)c1ccccc1NCc1ccco1)NCCSc1ccccc1. The van der Waals surface area contributed by atoms with E-state index in [-0.39, 0.29) is 12.5 Å². The highest BCUT2D eigenvalue weighted by molar-refractivity contribution is 7.99. The van der Waals surface area contributed by atoms with Crippen LogP contribution in [0, 0.1) is 0 Å². The minimum absolute atomic E-state index is 0.318. The molecule has 6 nitrogen and oxygen atoms in total. The number of thioether (sulfide) groups is 1. The van der Waals surface area contributed by atoms with Crippen LogP contribution in [0.1, 0.15) is 16.1 Å². The molecule has 0 saturated heterocycles. The molecular formula is C22H22N2O4S. The lowest BCUT2D eigenvalue weighted by Crippen LogP contribution is -2.30. The monoisotopic (exact) mass is 410 g/mol. The fourth-order valence-corrected chi connectivity index (χ4v) is 3.34. The first kappa shape index (κ1) is 20.5. The van der Waals surface area contributed by atoms with E-state index in [1.54, 1.807) is 42.3 Å². The van der Waals surface area contributed by atoms with Crippen molar-refractivity contribution < 1.29 is 18.7 Å². The van der Waals surface area contributed by atoms with Gasteiger partial charge in [0.2, 0.25) is 0 Å². The summed E-state index contributed by atoms with van der Waals surface area (Å²) in [7, 11) is 0. The fourth-order valence-electron chi connectivity index (χ4n) is 2.55. The maximum atomic E-state index is 12.4. The zero-order valence-electron chi connectivity index (χ0n) is 15.8. The van der Waals surface area contributed by atoms with Crippen LogP contribution in [0.4, 0.5) is 5.69 Å². The number of carbonyl (C=O) groups excluding carboxylic acids is 2. The molecule has 0 fully saturated rings. The van der Waals surface area contributed by atoms with Crippen LogP contribution >= 0.6 is 11.8 Å². The molecule has 7 heteroatoms. The lowest BCUT2D eigenvalue weighted by atomic mass is 10.2. The number of esters is 1. The molecule has 0 atom stereocenters. The number of hydrogen-bond donors (Lipinski definition) is 2. The number of rotatable bonds is 10. The van der Waals surface area contributed by atoms with Crippen molar-refractivity contribution in [3.8, 4) is 0 Å². The zero-order valence-corrected chi connectivity index (χ0v) is 16.6. The molecule has 0 aliphatic heterocycles. The van der Waals surface area contributed by atoms with Crippen molar-refractivity contribution in [2.24, 2.45) is 0 Å². The number of ether oxygens (including phenoxy) is 1. The van der Waals surface area contributed by atoms with Crippen LogP contribution in [0.15, 0.2) is 82.3 Å². The number of hydrogen-bond acceptors (Lipinski definition) is 6. The summed E-state index contributed by atoms with van der Waals surface area (Å²) in [6, 6.07) is 20.6. The van der Waals surface area contributed by atoms with Crippen molar-refractivity contribution in [2.75, 3.05) is 24.2 Å². The first-order valence-corrected chi connectivity index (χ1v) is 10.2. The van der Waals surface area contributed by atoms with Crippen molar-refractivity contribution in [1.29, 1.82) is 0 Å². The van der Waals surface area contributed by atoms with Gasteiger partial charge in [0, 0.05) is 22.9 Å². The van der Waals surface area contributed by atoms with Gasteiger partial charge in [0.15, 0.2) is 6.61 Å². The molecular weight excluding hydrogens is 388 g/mol. The average molecular weight is 410 g/mol. The number of carbonyl (C=O) groups is 2. The van der Waals surface area contributed by atoms with Crippen LogP contribution in [-0.4, -0.2) is 30.8 Å². The molecule has 0 aliphatic rings. The minimum Gasteiger partial charge on any atom is -0.467 e. The maximum absolute atomic E-state index is 12.4. The van der Waals surface area contributed by atoms with Gasteiger partial charge in [-0.05, 0) is 36.4 Å². The van der Waals surface area contributed by atoms with Crippen molar-refractivity contribution >= 4 is 29.3 Å². The van der Waals surface area contributed by atoms with Gasteiger partial charge in [-0.15, -0.1) is 11.8 Å². The Morgan fingerprint density at radius 2 is 1.76 bits per heavy atom. The molecule has 3 rings (SSSR count). The Hall–Kier alpha value is -3.19. The normalized spacial score (nSPS) is 10.3. The standard InChI is InChI=1S/C22H22N2O4S/c25-21(23-12-14-29-18-8-2-1-3-9-18)16-28-22(26)19-10-4-5-11-20(19)24-15-17-7-6-13-27-17/h1-11,13,24H,12,14-16H2,(H,23,25). The van der Waals surface area contributed by atoms with Gasteiger partial charge >= 0.3 is 5.97 Å². The van der Waals surface area contributed by atoms with Crippen molar-refractivity contribution in [3.05, 3.63) is 84.3 Å². The average Bonchev–Trinajstić information content (AvgIpc) is 3.28. The molecule has 0 radical (unpaired) electrons. The molecule has 0 aliphatic carbocycles. The molecule has 150 valence electrons. The van der Waals surface area contributed by atoms with E-state index in [0.29, 0.717) is 24.3 Å². The lowest BCUT2D eigenvalue weighted by molar-refractivity contribution is -0.124. The van der Waals surface area contributed by atoms with Crippen LogP contribution in [0.2, 0.25) is 0 Å². The van der Waals surface area contributed by atoms with Crippen molar-refractivity contribution in [2.45, 2.75) is 11.4 Å². The largest absolute Gasteiger partial charge is 0.467 e. The highest BCUT2D eigenvalue weighted by Crippen LogP contribution is 2.18. The highest BCUT2D eigenvalue weighted by atomic mass is 32.2. The summed E-state index contributed by atoms with van der Waals surface area (Å²) in [6.07, 6.45) is 1.59. The fraction of sp³-hybridized carbons (Fsp3) is 0.182. The van der Waals surface area contributed by atoms with Gasteiger partial charge in [0.25, 0.3) is 5.91 Å². The van der Waals surface area contributed by atoms with E-state index in [2.05, 4.69) is 10.6 Å². The van der Waals surface area contributed by atoms with Gasteiger partial charge in [-0.25, -0.2) is 4.79 Å². The van der Waals surface area contributed by atoms with Gasteiger partial charge in [-0.1, -0.05) is 30.3 Å². The Bertz CT molecular complexity index is 914. The van der Waals surface area contributed by atoms with Gasteiger partial charge < -0.3 is 19.8 Å². The predicted molar refractivity (Wildman–Crippen MR) is 113 cm³/mol. The van der Waals surface area contributed by atoms with E-state index in [0.717, 1.165) is 16.4 Å². The summed E-state index contributed by atoms with van der Waals surface area (Å²) < 4.78 is 10.4. The second-order valence-electron chi connectivity index (χ2n) is 6.07. The molecule has 0 unspecified atom stereocenters. The van der Waals surface area contributed by atoms with Crippen molar-refractivity contribution in [1.82, 2.24) is 5.32 Å². The van der Waals surface area contributed by atoms with E-state index in [9.17, 15) is 9.59 Å². The van der Waals surface area contributed by atoms with E-state index in [4.69, 9.17) is 9.15 Å². The van der Waals surface area contributed by atoms with Crippen LogP contribution in [-0.2, 0) is 16.1 Å². The topological polar surface area (TPSA) is 80.6 Å². The second kappa shape index (κ2) is 11.0. The van der Waals surface area contributed by atoms with Crippen LogP contribution in [0.3, 0.4) is 0 Å². The third-order valence-electron chi connectivity index (χ3n) is 3.95. The summed E-state index contributed by atoms with van der Waals surface area (Å²) in [6.45, 7) is 0.620.